The molecule has 4 nitrogen and oxygen atoms in total. The highest BCUT2D eigenvalue weighted by molar-refractivity contribution is 7.16. The molecule has 0 saturated heterocycles. The first-order valence-corrected chi connectivity index (χ1v) is 5.25. The van der Waals surface area contributed by atoms with Crippen LogP contribution in [0.25, 0.3) is 0 Å². The average molecular weight is 233 g/mol. The lowest BCUT2D eigenvalue weighted by Gasteiger charge is -2.18. The summed E-state index contributed by atoms with van der Waals surface area (Å²) in [5.41, 5.74) is 2.53. The standard InChI is InChI=1S/C8H13ClN4S/c1-11-8(12-10)13(2)5-6-3-4-7(9)14-6/h3-4H,5,10H2,1-2H3,(H,11,12). The maximum absolute atomic E-state index is 5.82. The highest BCUT2D eigenvalue weighted by Crippen LogP contribution is 2.22. The predicted octanol–water partition coefficient (Wildman–Crippen LogP) is 1.28. The lowest BCUT2D eigenvalue weighted by atomic mass is 10.4. The van der Waals surface area contributed by atoms with Gasteiger partial charge in [0, 0.05) is 19.0 Å². The molecular weight excluding hydrogens is 220 g/mol. The number of nitrogens with zero attached hydrogens (tertiary/aromatic N) is 2. The molecule has 0 bridgehead atoms. The molecule has 0 spiro atoms. The van der Waals surface area contributed by atoms with Crippen LogP contribution >= 0.6 is 22.9 Å². The van der Waals surface area contributed by atoms with Crippen molar-refractivity contribution in [1.82, 2.24) is 10.3 Å². The number of hydrazine groups is 1. The number of guanidine groups is 1. The molecule has 1 rings (SSSR count). The summed E-state index contributed by atoms with van der Waals surface area (Å²) in [6.07, 6.45) is 0. The van der Waals surface area contributed by atoms with Gasteiger partial charge in [-0.05, 0) is 12.1 Å². The van der Waals surface area contributed by atoms with E-state index in [1.54, 1.807) is 18.4 Å². The van der Waals surface area contributed by atoms with Crippen molar-refractivity contribution in [1.29, 1.82) is 0 Å². The molecular formula is C8H13ClN4S. The third-order valence-electron chi connectivity index (χ3n) is 1.72. The molecule has 0 aliphatic carbocycles. The summed E-state index contributed by atoms with van der Waals surface area (Å²) >= 11 is 7.38. The lowest BCUT2D eigenvalue weighted by Crippen LogP contribution is -2.42. The number of halogens is 1. The van der Waals surface area contributed by atoms with E-state index in [0.717, 1.165) is 10.9 Å². The van der Waals surface area contributed by atoms with E-state index in [2.05, 4.69) is 10.4 Å². The normalized spacial score (nSPS) is 11.6. The van der Waals surface area contributed by atoms with Crippen LogP contribution in [0.15, 0.2) is 17.1 Å². The fourth-order valence-electron chi connectivity index (χ4n) is 1.09. The van der Waals surface area contributed by atoms with Gasteiger partial charge >= 0.3 is 0 Å². The Morgan fingerprint density at radius 2 is 2.43 bits per heavy atom. The smallest absolute Gasteiger partial charge is 0.208 e. The second-order valence-electron chi connectivity index (χ2n) is 2.75. The zero-order valence-corrected chi connectivity index (χ0v) is 9.69. The van der Waals surface area contributed by atoms with Gasteiger partial charge in [0.05, 0.1) is 10.9 Å². The molecule has 1 aromatic rings. The van der Waals surface area contributed by atoms with Gasteiger partial charge in [0.2, 0.25) is 5.96 Å². The van der Waals surface area contributed by atoms with Crippen molar-refractivity contribution < 1.29 is 0 Å². The van der Waals surface area contributed by atoms with E-state index >= 15 is 0 Å². The van der Waals surface area contributed by atoms with Crippen LogP contribution in [0.5, 0.6) is 0 Å². The molecule has 1 aromatic heterocycles. The van der Waals surface area contributed by atoms with E-state index in [0.29, 0.717) is 5.96 Å². The highest BCUT2D eigenvalue weighted by atomic mass is 35.5. The second-order valence-corrected chi connectivity index (χ2v) is 4.55. The third kappa shape index (κ3) is 2.87. The summed E-state index contributed by atoms with van der Waals surface area (Å²) in [5, 5.41) is 0. The van der Waals surface area contributed by atoms with Gasteiger partial charge in [0.25, 0.3) is 0 Å². The van der Waals surface area contributed by atoms with E-state index in [1.807, 2.05) is 24.1 Å². The van der Waals surface area contributed by atoms with Crippen molar-refractivity contribution in [3.8, 4) is 0 Å². The molecule has 1 heterocycles. The minimum atomic E-state index is 0.648. The van der Waals surface area contributed by atoms with E-state index in [-0.39, 0.29) is 0 Å². The topological polar surface area (TPSA) is 53.6 Å². The van der Waals surface area contributed by atoms with Gasteiger partial charge in [-0.2, -0.15) is 0 Å². The molecule has 14 heavy (non-hydrogen) atoms. The largest absolute Gasteiger partial charge is 0.340 e. The lowest BCUT2D eigenvalue weighted by molar-refractivity contribution is 0.483. The Hall–Kier alpha value is -0.780. The van der Waals surface area contributed by atoms with Crippen molar-refractivity contribution in [3.63, 3.8) is 0 Å². The molecule has 0 saturated carbocycles. The average Bonchev–Trinajstić information content (AvgIpc) is 2.53. The Morgan fingerprint density at radius 1 is 1.71 bits per heavy atom. The van der Waals surface area contributed by atoms with Crippen LogP contribution in [0.3, 0.4) is 0 Å². The summed E-state index contributed by atoms with van der Waals surface area (Å²) in [6, 6.07) is 3.88. The summed E-state index contributed by atoms with van der Waals surface area (Å²) in [4.78, 5) is 7.08. The number of thiophene rings is 1. The molecule has 0 unspecified atom stereocenters. The highest BCUT2D eigenvalue weighted by Gasteiger charge is 2.06. The van der Waals surface area contributed by atoms with Gasteiger partial charge in [0.15, 0.2) is 0 Å². The predicted molar refractivity (Wildman–Crippen MR) is 61.5 cm³/mol. The maximum Gasteiger partial charge on any atom is 0.208 e. The number of nitrogens with two attached hydrogens (primary N) is 1. The third-order valence-corrected chi connectivity index (χ3v) is 2.94. The second kappa shape index (κ2) is 5.19. The minimum Gasteiger partial charge on any atom is -0.340 e. The Bertz CT molecular complexity index is 323. The summed E-state index contributed by atoms with van der Waals surface area (Å²) in [7, 11) is 3.60. The Labute approximate surface area is 92.3 Å². The molecule has 0 aliphatic heterocycles. The number of nitrogens with one attached hydrogen (secondary N) is 1. The van der Waals surface area contributed by atoms with E-state index in [1.165, 1.54) is 4.88 Å². The molecule has 0 aliphatic rings. The molecule has 78 valence electrons. The quantitative estimate of drug-likeness (QED) is 0.350. The van der Waals surface area contributed by atoms with E-state index in [9.17, 15) is 0 Å². The first-order valence-electron chi connectivity index (χ1n) is 4.06. The van der Waals surface area contributed by atoms with Crippen LogP contribution in [0, 0.1) is 0 Å². The minimum absolute atomic E-state index is 0.648. The summed E-state index contributed by atoms with van der Waals surface area (Å²) < 4.78 is 0.795. The fraction of sp³-hybridized carbons (Fsp3) is 0.375. The zero-order chi connectivity index (χ0) is 10.6. The first kappa shape index (κ1) is 11.3. The number of rotatable bonds is 2. The fourth-order valence-corrected chi connectivity index (χ4v) is 2.23. The van der Waals surface area contributed by atoms with Gasteiger partial charge in [-0.3, -0.25) is 10.4 Å². The molecule has 0 aromatic carbocycles. The summed E-state index contributed by atoms with van der Waals surface area (Å²) in [5.74, 6) is 5.95. The molecule has 6 heteroatoms. The van der Waals surface area contributed by atoms with Crippen molar-refractivity contribution in [2.75, 3.05) is 14.1 Å². The molecule has 0 fully saturated rings. The Kier molecular flexibility index (Phi) is 4.19. The number of hydrogen-bond acceptors (Lipinski definition) is 3. The van der Waals surface area contributed by atoms with Crippen LogP contribution in [-0.2, 0) is 6.54 Å². The van der Waals surface area contributed by atoms with Gasteiger partial charge < -0.3 is 4.90 Å². The van der Waals surface area contributed by atoms with Crippen molar-refractivity contribution in [3.05, 3.63) is 21.3 Å². The van der Waals surface area contributed by atoms with Crippen LogP contribution in [-0.4, -0.2) is 25.0 Å². The van der Waals surface area contributed by atoms with E-state index < -0.39 is 0 Å². The zero-order valence-electron chi connectivity index (χ0n) is 8.12. The Morgan fingerprint density at radius 3 is 2.86 bits per heavy atom. The van der Waals surface area contributed by atoms with Crippen LogP contribution in [0.4, 0.5) is 0 Å². The Balaban J connectivity index is 2.60. The maximum atomic E-state index is 5.82. The van der Waals surface area contributed by atoms with Gasteiger partial charge in [-0.1, -0.05) is 11.6 Å². The van der Waals surface area contributed by atoms with Crippen LogP contribution in [0.2, 0.25) is 4.34 Å². The monoisotopic (exact) mass is 232 g/mol. The molecule has 0 atom stereocenters. The molecule has 0 radical (unpaired) electrons. The van der Waals surface area contributed by atoms with Crippen molar-refractivity contribution in [2.24, 2.45) is 10.8 Å². The molecule has 3 N–H and O–H groups in total. The number of aliphatic imine (C=N–C) groups is 1. The molecule has 0 amide bonds. The van der Waals surface area contributed by atoms with Crippen molar-refractivity contribution >= 4 is 28.9 Å². The van der Waals surface area contributed by atoms with Gasteiger partial charge in [0.1, 0.15) is 0 Å². The van der Waals surface area contributed by atoms with Crippen molar-refractivity contribution in [2.45, 2.75) is 6.54 Å². The van der Waals surface area contributed by atoms with E-state index in [4.69, 9.17) is 17.4 Å². The summed E-state index contributed by atoms with van der Waals surface area (Å²) in [6.45, 7) is 0.744. The van der Waals surface area contributed by atoms with Crippen LogP contribution in [0.1, 0.15) is 4.88 Å². The van der Waals surface area contributed by atoms with Crippen LogP contribution < -0.4 is 11.3 Å². The first-order chi connectivity index (χ1) is 6.67. The SMILES string of the molecule is CN=C(NN)N(C)Cc1ccc(Cl)s1. The van der Waals surface area contributed by atoms with Gasteiger partial charge in [-0.15, -0.1) is 11.3 Å². The number of hydrogen-bond donors (Lipinski definition) is 2. The van der Waals surface area contributed by atoms with Gasteiger partial charge in [-0.25, -0.2) is 5.84 Å².